The largest absolute Gasteiger partial charge is 0.481 e. The Morgan fingerprint density at radius 3 is 2.38 bits per heavy atom. The van der Waals surface area contributed by atoms with E-state index in [0.29, 0.717) is 6.61 Å². The molecule has 148 valence electrons. The molecule has 3 heterocycles. The second-order valence-electron chi connectivity index (χ2n) is 7.64. The zero-order valence-electron chi connectivity index (χ0n) is 15.4. The van der Waals surface area contributed by atoms with Gasteiger partial charge in [0.05, 0.1) is 6.61 Å². The first kappa shape index (κ1) is 19.5. The Bertz CT molecular complexity index is 558. The molecule has 0 spiro atoms. The fourth-order valence-corrected chi connectivity index (χ4v) is 3.41. The highest BCUT2D eigenvalue weighted by molar-refractivity contribution is 5.71. The molecule has 1 unspecified atom stereocenters. The lowest BCUT2D eigenvalue weighted by atomic mass is 10.1. The van der Waals surface area contributed by atoms with Gasteiger partial charge in [-0.2, -0.15) is 0 Å². The molecule has 0 radical (unpaired) electrons. The van der Waals surface area contributed by atoms with Crippen molar-refractivity contribution in [3.05, 3.63) is 0 Å². The molecule has 3 aliphatic rings. The molecule has 3 fully saturated rings. The topological polar surface area (TPSA) is 110 Å². The van der Waals surface area contributed by atoms with Crippen LogP contribution in [0.3, 0.4) is 0 Å². The van der Waals surface area contributed by atoms with Gasteiger partial charge in [0.25, 0.3) is 0 Å². The maximum Gasteiger partial charge on any atom is 0.306 e. The molecule has 0 aromatic heterocycles. The van der Waals surface area contributed by atoms with Crippen molar-refractivity contribution < 1.29 is 43.1 Å². The molecule has 3 aliphatic heterocycles. The highest BCUT2D eigenvalue weighted by atomic mass is 16.8. The Morgan fingerprint density at radius 1 is 1.04 bits per heavy atom. The normalized spacial score (nSPS) is 37.5. The molecular weight excluding hydrogens is 348 g/mol. The van der Waals surface area contributed by atoms with E-state index in [1.165, 1.54) is 0 Å². The third kappa shape index (κ3) is 4.34. The van der Waals surface area contributed by atoms with Gasteiger partial charge < -0.3 is 33.5 Å². The number of carbonyl (C=O) groups is 2. The van der Waals surface area contributed by atoms with Crippen molar-refractivity contribution in [2.45, 2.75) is 89.2 Å². The van der Waals surface area contributed by atoms with Crippen molar-refractivity contribution in [3.63, 3.8) is 0 Å². The van der Waals surface area contributed by atoms with E-state index in [1.807, 2.05) is 0 Å². The van der Waals surface area contributed by atoms with Crippen molar-refractivity contribution in [2.75, 3.05) is 6.61 Å². The monoisotopic (exact) mass is 374 g/mol. The van der Waals surface area contributed by atoms with Crippen LogP contribution in [-0.2, 0) is 38.0 Å². The van der Waals surface area contributed by atoms with Crippen LogP contribution >= 0.6 is 0 Å². The Hall–Kier alpha value is -1.26. The maximum absolute atomic E-state index is 12.2. The number of hydrogen-bond acceptors (Lipinski definition) is 8. The quantitative estimate of drug-likeness (QED) is 0.685. The predicted molar refractivity (Wildman–Crippen MR) is 85.0 cm³/mol. The second kappa shape index (κ2) is 7.05. The SMILES string of the molecule is CC1(C)OCC([C@H]2O[C@@H]3OC(C)(C)O[C@@H]3[C@H]2OC(=O)CCCC(=O)O)O1. The predicted octanol–water partition coefficient (Wildman–Crippen LogP) is 1.18. The van der Waals surface area contributed by atoms with Crippen molar-refractivity contribution in [2.24, 2.45) is 0 Å². The Morgan fingerprint density at radius 2 is 1.77 bits per heavy atom. The number of carbonyl (C=O) groups excluding carboxylic acids is 1. The third-order valence-electron chi connectivity index (χ3n) is 4.46. The summed E-state index contributed by atoms with van der Waals surface area (Å²) in [6.07, 6.45) is -2.86. The zero-order chi connectivity index (χ0) is 19.1. The molecule has 9 nitrogen and oxygen atoms in total. The van der Waals surface area contributed by atoms with Crippen LogP contribution in [0.25, 0.3) is 0 Å². The number of rotatable bonds is 6. The summed E-state index contributed by atoms with van der Waals surface area (Å²) < 4.78 is 34.5. The summed E-state index contributed by atoms with van der Waals surface area (Å²) in [7, 11) is 0. The summed E-state index contributed by atoms with van der Waals surface area (Å²) in [5.74, 6) is -3.05. The lowest BCUT2D eigenvalue weighted by Gasteiger charge is -2.28. The average Bonchev–Trinajstić information content (AvgIpc) is 3.09. The number of ether oxygens (including phenoxy) is 6. The fraction of sp³-hybridized carbons (Fsp3) is 0.882. The van der Waals surface area contributed by atoms with Crippen molar-refractivity contribution in [1.82, 2.24) is 0 Å². The standard InChI is InChI=1S/C17H26O9/c1-16(2)21-8-9(24-16)12-13(22-11(20)7-5-6-10(18)19)14-15(23-12)26-17(3,4)25-14/h9,12-15H,5-8H2,1-4H3,(H,18,19)/t9?,12-,13+,14-,15-/m1/s1. The van der Waals surface area contributed by atoms with Crippen LogP contribution in [0.5, 0.6) is 0 Å². The minimum atomic E-state index is -0.951. The van der Waals surface area contributed by atoms with Crippen molar-refractivity contribution in [3.8, 4) is 0 Å². The van der Waals surface area contributed by atoms with E-state index >= 15 is 0 Å². The fourth-order valence-electron chi connectivity index (χ4n) is 3.41. The molecular formula is C17H26O9. The van der Waals surface area contributed by atoms with Gasteiger partial charge in [-0.1, -0.05) is 0 Å². The van der Waals surface area contributed by atoms with E-state index in [1.54, 1.807) is 27.7 Å². The van der Waals surface area contributed by atoms with Gasteiger partial charge in [0, 0.05) is 12.8 Å². The summed E-state index contributed by atoms with van der Waals surface area (Å²) in [5.41, 5.74) is 0. The summed E-state index contributed by atoms with van der Waals surface area (Å²) >= 11 is 0. The van der Waals surface area contributed by atoms with Crippen LogP contribution in [0.15, 0.2) is 0 Å². The molecule has 5 atom stereocenters. The molecule has 0 saturated carbocycles. The Balaban J connectivity index is 1.67. The number of carboxylic acid groups (broad SMARTS) is 1. The van der Waals surface area contributed by atoms with E-state index in [4.69, 9.17) is 33.5 Å². The molecule has 0 aromatic rings. The van der Waals surface area contributed by atoms with Gasteiger partial charge in [0.1, 0.15) is 12.2 Å². The molecule has 0 aromatic carbocycles. The minimum Gasteiger partial charge on any atom is -0.481 e. The van der Waals surface area contributed by atoms with E-state index in [9.17, 15) is 9.59 Å². The number of esters is 1. The van der Waals surface area contributed by atoms with E-state index in [2.05, 4.69) is 0 Å². The van der Waals surface area contributed by atoms with Crippen LogP contribution in [0.2, 0.25) is 0 Å². The molecule has 26 heavy (non-hydrogen) atoms. The summed E-state index contributed by atoms with van der Waals surface area (Å²) in [6.45, 7) is 7.41. The van der Waals surface area contributed by atoms with Crippen LogP contribution in [0.4, 0.5) is 0 Å². The average molecular weight is 374 g/mol. The summed E-state index contributed by atoms with van der Waals surface area (Å²) in [5, 5.41) is 8.69. The van der Waals surface area contributed by atoms with Crippen LogP contribution in [-0.4, -0.2) is 65.9 Å². The number of fused-ring (bicyclic) bond motifs is 1. The lowest BCUT2D eigenvalue weighted by Crippen LogP contribution is -2.45. The van der Waals surface area contributed by atoms with E-state index < -0.39 is 54.2 Å². The molecule has 0 amide bonds. The summed E-state index contributed by atoms with van der Waals surface area (Å²) in [4.78, 5) is 22.8. The van der Waals surface area contributed by atoms with E-state index in [0.717, 1.165) is 0 Å². The van der Waals surface area contributed by atoms with Gasteiger partial charge in [-0.05, 0) is 34.1 Å². The third-order valence-corrected chi connectivity index (χ3v) is 4.46. The van der Waals surface area contributed by atoms with Crippen molar-refractivity contribution in [1.29, 1.82) is 0 Å². The smallest absolute Gasteiger partial charge is 0.306 e. The number of aliphatic carboxylic acids is 1. The van der Waals surface area contributed by atoms with Gasteiger partial charge in [0.2, 0.25) is 0 Å². The van der Waals surface area contributed by atoms with Crippen LogP contribution < -0.4 is 0 Å². The minimum absolute atomic E-state index is 0.00464. The van der Waals surface area contributed by atoms with Gasteiger partial charge in [-0.3, -0.25) is 9.59 Å². The molecule has 0 aliphatic carbocycles. The first-order valence-electron chi connectivity index (χ1n) is 8.80. The van der Waals surface area contributed by atoms with Gasteiger partial charge in [-0.15, -0.1) is 0 Å². The Kier molecular flexibility index (Phi) is 5.28. The maximum atomic E-state index is 12.2. The first-order valence-corrected chi connectivity index (χ1v) is 8.80. The zero-order valence-corrected chi connectivity index (χ0v) is 15.4. The molecule has 3 rings (SSSR count). The van der Waals surface area contributed by atoms with E-state index in [-0.39, 0.29) is 19.3 Å². The van der Waals surface area contributed by atoms with Crippen LogP contribution in [0.1, 0.15) is 47.0 Å². The van der Waals surface area contributed by atoms with Crippen molar-refractivity contribution >= 4 is 11.9 Å². The summed E-state index contributed by atoms with van der Waals surface area (Å²) in [6, 6.07) is 0. The first-order chi connectivity index (χ1) is 12.1. The molecule has 0 bridgehead atoms. The lowest BCUT2D eigenvalue weighted by molar-refractivity contribution is -0.235. The van der Waals surface area contributed by atoms with Gasteiger partial charge in [0.15, 0.2) is 30.1 Å². The molecule has 3 saturated heterocycles. The highest BCUT2D eigenvalue weighted by Gasteiger charge is 2.59. The number of carboxylic acids is 1. The second-order valence-corrected chi connectivity index (χ2v) is 7.64. The Labute approximate surface area is 151 Å². The molecule has 9 heteroatoms. The number of hydrogen-bond donors (Lipinski definition) is 1. The van der Waals surface area contributed by atoms with Crippen LogP contribution in [0, 0.1) is 0 Å². The molecule has 1 N–H and O–H groups in total. The van der Waals surface area contributed by atoms with Gasteiger partial charge >= 0.3 is 11.9 Å². The highest BCUT2D eigenvalue weighted by Crippen LogP contribution is 2.42. The van der Waals surface area contributed by atoms with Gasteiger partial charge in [-0.25, -0.2) is 0 Å².